The lowest BCUT2D eigenvalue weighted by Gasteiger charge is -2.31. The Morgan fingerprint density at radius 3 is 2.60 bits per heavy atom. The predicted octanol–water partition coefficient (Wildman–Crippen LogP) is 2.93. The molecule has 0 heterocycles. The third kappa shape index (κ3) is 3.24. The maximum atomic E-state index is 12.0. The van der Waals surface area contributed by atoms with Gasteiger partial charge in [0.25, 0.3) is 0 Å². The molecule has 1 aromatic rings. The van der Waals surface area contributed by atoms with E-state index in [1.165, 1.54) is 6.42 Å². The fraction of sp³-hybridized carbons (Fsp3) is 0.562. The van der Waals surface area contributed by atoms with Crippen molar-refractivity contribution >= 4 is 11.6 Å². The summed E-state index contributed by atoms with van der Waals surface area (Å²) in [5.74, 6) is 1.22. The minimum Gasteiger partial charge on any atom is -0.497 e. The molecular formula is C16H24N2O2. The summed E-state index contributed by atoms with van der Waals surface area (Å²) < 4.78 is 5.15. The van der Waals surface area contributed by atoms with Crippen LogP contribution in [0.2, 0.25) is 0 Å². The third-order valence-electron chi connectivity index (χ3n) is 4.31. The van der Waals surface area contributed by atoms with E-state index < -0.39 is 5.54 Å². The quantitative estimate of drug-likeness (QED) is 0.831. The molecular weight excluding hydrogens is 252 g/mol. The number of carbonyl (C=O) groups excluding carboxylic acids is 1. The van der Waals surface area contributed by atoms with Gasteiger partial charge in [0.15, 0.2) is 0 Å². The van der Waals surface area contributed by atoms with Crippen LogP contribution in [-0.4, -0.2) is 18.6 Å². The molecule has 0 saturated heterocycles. The first-order valence-corrected chi connectivity index (χ1v) is 7.28. The number of nitrogens with one attached hydrogen (secondary N) is 1. The summed E-state index contributed by atoms with van der Waals surface area (Å²) in [5, 5.41) is 3.38. The second kappa shape index (κ2) is 6.16. The van der Waals surface area contributed by atoms with Crippen molar-refractivity contribution in [1.29, 1.82) is 0 Å². The number of ether oxygens (including phenoxy) is 1. The highest BCUT2D eigenvalue weighted by Gasteiger charge is 2.37. The Balaban J connectivity index is 2.17. The first kappa shape index (κ1) is 14.7. The molecule has 3 N–H and O–H groups in total. The normalized spacial score (nSPS) is 26.6. The minimum atomic E-state index is -0.612. The van der Waals surface area contributed by atoms with Gasteiger partial charge in [-0.1, -0.05) is 19.8 Å². The van der Waals surface area contributed by atoms with E-state index in [1.807, 2.05) is 24.3 Å². The number of benzene rings is 1. The van der Waals surface area contributed by atoms with Crippen LogP contribution in [0.1, 0.15) is 39.0 Å². The van der Waals surface area contributed by atoms with Crippen LogP contribution in [0.5, 0.6) is 5.75 Å². The van der Waals surface area contributed by atoms with E-state index in [4.69, 9.17) is 10.5 Å². The van der Waals surface area contributed by atoms with Gasteiger partial charge < -0.3 is 15.8 Å². The number of anilines is 1. The number of hydrogen-bond acceptors (Lipinski definition) is 3. The average Bonchev–Trinajstić information content (AvgIpc) is 2.63. The SMILES string of the molecule is COc1ccc(NC2(C(N)=O)CCCC(C)CC2)cc1. The third-order valence-corrected chi connectivity index (χ3v) is 4.31. The summed E-state index contributed by atoms with van der Waals surface area (Å²) in [4.78, 5) is 12.0. The van der Waals surface area contributed by atoms with E-state index in [-0.39, 0.29) is 5.91 Å². The van der Waals surface area contributed by atoms with Crippen molar-refractivity contribution in [3.8, 4) is 5.75 Å². The van der Waals surface area contributed by atoms with Gasteiger partial charge in [0.1, 0.15) is 11.3 Å². The summed E-state index contributed by atoms with van der Waals surface area (Å²) >= 11 is 0. The second-order valence-electron chi connectivity index (χ2n) is 5.84. The molecule has 2 rings (SSSR count). The summed E-state index contributed by atoms with van der Waals surface area (Å²) in [6, 6.07) is 7.63. The minimum absolute atomic E-state index is 0.248. The van der Waals surface area contributed by atoms with Gasteiger partial charge in [0.05, 0.1) is 7.11 Å². The molecule has 4 heteroatoms. The van der Waals surface area contributed by atoms with Gasteiger partial charge >= 0.3 is 0 Å². The van der Waals surface area contributed by atoms with Gasteiger partial charge in [-0.2, -0.15) is 0 Å². The molecule has 0 bridgehead atoms. The highest BCUT2D eigenvalue weighted by molar-refractivity contribution is 5.88. The van der Waals surface area contributed by atoms with E-state index in [2.05, 4.69) is 12.2 Å². The van der Waals surface area contributed by atoms with Crippen LogP contribution in [0.25, 0.3) is 0 Å². The van der Waals surface area contributed by atoms with Gasteiger partial charge in [-0.3, -0.25) is 4.79 Å². The molecule has 0 spiro atoms. The molecule has 1 saturated carbocycles. The first-order chi connectivity index (χ1) is 9.55. The second-order valence-corrected chi connectivity index (χ2v) is 5.84. The number of methoxy groups -OCH3 is 1. The Morgan fingerprint density at radius 2 is 2.00 bits per heavy atom. The molecule has 1 aliphatic carbocycles. The largest absolute Gasteiger partial charge is 0.497 e. The van der Waals surface area contributed by atoms with E-state index in [9.17, 15) is 4.79 Å². The van der Waals surface area contributed by atoms with Crippen molar-refractivity contribution in [2.45, 2.75) is 44.6 Å². The van der Waals surface area contributed by atoms with Gasteiger partial charge in [-0.05, 0) is 49.4 Å². The topological polar surface area (TPSA) is 64.3 Å². The number of nitrogens with two attached hydrogens (primary N) is 1. The lowest BCUT2D eigenvalue weighted by Crippen LogP contribution is -2.50. The van der Waals surface area contributed by atoms with Crippen LogP contribution in [0.3, 0.4) is 0 Å². The number of hydrogen-bond donors (Lipinski definition) is 2. The number of primary amides is 1. The fourth-order valence-corrected chi connectivity index (χ4v) is 2.90. The molecule has 0 aliphatic heterocycles. The van der Waals surface area contributed by atoms with Crippen molar-refractivity contribution in [3.63, 3.8) is 0 Å². The predicted molar refractivity (Wildman–Crippen MR) is 80.8 cm³/mol. The summed E-state index contributed by atoms with van der Waals surface area (Å²) in [6.45, 7) is 2.24. The molecule has 1 aliphatic rings. The highest BCUT2D eigenvalue weighted by Crippen LogP contribution is 2.33. The van der Waals surface area contributed by atoms with Gasteiger partial charge in [-0.25, -0.2) is 0 Å². The number of amides is 1. The Hall–Kier alpha value is -1.71. The van der Waals surface area contributed by atoms with Gasteiger partial charge in [0.2, 0.25) is 5.91 Å². The summed E-state index contributed by atoms with van der Waals surface area (Å²) in [5.41, 5.74) is 6.00. The molecule has 20 heavy (non-hydrogen) atoms. The van der Waals surface area contributed by atoms with Crippen LogP contribution < -0.4 is 15.8 Å². The maximum absolute atomic E-state index is 12.0. The zero-order chi connectivity index (χ0) is 14.6. The van der Waals surface area contributed by atoms with E-state index in [0.29, 0.717) is 5.92 Å². The molecule has 2 unspecified atom stereocenters. The molecule has 110 valence electrons. The lowest BCUT2D eigenvalue weighted by atomic mass is 9.88. The average molecular weight is 276 g/mol. The van der Waals surface area contributed by atoms with E-state index in [1.54, 1.807) is 7.11 Å². The lowest BCUT2D eigenvalue weighted by molar-refractivity contribution is -0.122. The molecule has 1 amide bonds. The first-order valence-electron chi connectivity index (χ1n) is 7.28. The maximum Gasteiger partial charge on any atom is 0.243 e. The van der Waals surface area contributed by atoms with Crippen molar-refractivity contribution in [2.24, 2.45) is 11.7 Å². The van der Waals surface area contributed by atoms with Crippen molar-refractivity contribution in [1.82, 2.24) is 0 Å². The fourth-order valence-electron chi connectivity index (χ4n) is 2.90. The molecule has 4 nitrogen and oxygen atoms in total. The van der Waals surface area contributed by atoms with Crippen molar-refractivity contribution < 1.29 is 9.53 Å². The standard InChI is InChI=1S/C16H24N2O2/c1-12-4-3-10-16(11-9-12,15(17)19)18-13-5-7-14(20-2)8-6-13/h5-8,12,18H,3-4,9-11H2,1-2H3,(H2,17,19). The van der Waals surface area contributed by atoms with Crippen LogP contribution in [0.4, 0.5) is 5.69 Å². The Labute approximate surface area is 120 Å². The molecule has 1 aromatic carbocycles. The Bertz CT molecular complexity index is 458. The van der Waals surface area contributed by atoms with Crippen molar-refractivity contribution in [3.05, 3.63) is 24.3 Å². The molecule has 0 radical (unpaired) electrons. The Kier molecular flexibility index (Phi) is 4.53. The summed E-state index contributed by atoms with van der Waals surface area (Å²) in [7, 11) is 1.64. The summed E-state index contributed by atoms with van der Waals surface area (Å²) in [6.07, 6.45) is 4.84. The van der Waals surface area contributed by atoms with Crippen LogP contribution in [0, 0.1) is 5.92 Å². The molecule has 2 atom stereocenters. The molecule has 0 aromatic heterocycles. The van der Waals surface area contributed by atoms with E-state index in [0.717, 1.165) is 37.1 Å². The van der Waals surface area contributed by atoms with Crippen molar-refractivity contribution in [2.75, 3.05) is 12.4 Å². The van der Waals surface area contributed by atoms with Gasteiger partial charge in [-0.15, -0.1) is 0 Å². The van der Waals surface area contributed by atoms with Crippen LogP contribution in [-0.2, 0) is 4.79 Å². The Morgan fingerprint density at radius 1 is 1.30 bits per heavy atom. The number of carbonyl (C=O) groups is 1. The zero-order valence-corrected chi connectivity index (χ0v) is 12.3. The monoisotopic (exact) mass is 276 g/mol. The smallest absolute Gasteiger partial charge is 0.243 e. The van der Waals surface area contributed by atoms with Gasteiger partial charge in [0, 0.05) is 5.69 Å². The highest BCUT2D eigenvalue weighted by atomic mass is 16.5. The zero-order valence-electron chi connectivity index (χ0n) is 12.3. The molecule has 1 fully saturated rings. The van der Waals surface area contributed by atoms with E-state index >= 15 is 0 Å². The van der Waals surface area contributed by atoms with Crippen LogP contribution >= 0.6 is 0 Å². The van der Waals surface area contributed by atoms with Crippen LogP contribution in [0.15, 0.2) is 24.3 Å². The number of rotatable bonds is 4.